The van der Waals surface area contributed by atoms with Gasteiger partial charge < -0.3 is 4.90 Å². The topological polar surface area (TPSA) is 20.3 Å². The Balaban J connectivity index is 1.54. The van der Waals surface area contributed by atoms with Crippen molar-refractivity contribution in [1.29, 1.82) is 0 Å². The van der Waals surface area contributed by atoms with Crippen LogP contribution in [0, 0.1) is 23.7 Å². The Morgan fingerprint density at radius 3 is 2.16 bits per heavy atom. The average molecular weight is 274 g/mol. The van der Waals surface area contributed by atoms with E-state index >= 15 is 0 Å². The number of hydrogen-bond donors (Lipinski definition) is 0. The highest BCUT2D eigenvalue weighted by Gasteiger charge is 2.49. The van der Waals surface area contributed by atoms with E-state index < -0.39 is 0 Å². The Morgan fingerprint density at radius 1 is 1.05 bits per heavy atom. The summed E-state index contributed by atoms with van der Waals surface area (Å²) < 4.78 is 0. The van der Waals surface area contributed by atoms with Crippen LogP contribution in [0.1, 0.15) is 16.8 Å². The van der Waals surface area contributed by atoms with Gasteiger partial charge in [-0.25, -0.2) is 0 Å². The third-order valence-corrected chi connectivity index (χ3v) is 5.34. The van der Waals surface area contributed by atoms with Gasteiger partial charge in [-0.05, 0) is 66.0 Å². The molecule has 0 radical (unpaired) electrons. The lowest BCUT2D eigenvalue weighted by atomic mass is 9.86. The fourth-order valence-electron chi connectivity index (χ4n) is 4.17. The molecule has 1 saturated heterocycles. The van der Waals surface area contributed by atoms with E-state index in [0.29, 0.717) is 5.56 Å². The number of fused-ring (bicyclic) bond motifs is 5. The zero-order chi connectivity index (χ0) is 13.0. The molecule has 2 nitrogen and oxygen atoms in total. The van der Waals surface area contributed by atoms with Crippen molar-refractivity contribution in [2.24, 2.45) is 23.7 Å². The molecule has 4 unspecified atom stereocenters. The summed E-state index contributed by atoms with van der Waals surface area (Å²) in [4.78, 5) is 13.5. The van der Waals surface area contributed by atoms with E-state index in [9.17, 15) is 4.79 Å². The molecule has 3 aliphatic rings. The molecule has 2 bridgehead atoms. The van der Waals surface area contributed by atoms with Crippen LogP contribution in [0.15, 0.2) is 36.4 Å². The molecule has 0 aromatic heterocycles. The van der Waals surface area contributed by atoms with Gasteiger partial charge in [0.15, 0.2) is 0 Å². The first-order valence-corrected chi connectivity index (χ1v) is 7.33. The van der Waals surface area contributed by atoms with Gasteiger partial charge in [0.2, 0.25) is 0 Å². The van der Waals surface area contributed by atoms with Gasteiger partial charge in [-0.3, -0.25) is 4.79 Å². The van der Waals surface area contributed by atoms with Gasteiger partial charge in [-0.15, -0.1) is 0 Å². The second-order valence-electron chi connectivity index (χ2n) is 6.00. The van der Waals surface area contributed by atoms with Crippen molar-refractivity contribution in [3.63, 3.8) is 0 Å². The van der Waals surface area contributed by atoms with Crippen LogP contribution in [-0.2, 0) is 0 Å². The van der Waals surface area contributed by atoms with Crippen LogP contribution in [0.3, 0.4) is 0 Å². The van der Waals surface area contributed by atoms with Crippen LogP contribution in [-0.4, -0.2) is 18.3 Å². The van der Waals surface area contributed by atoms with E-state index in [0.717, 1.165) is 36.8 Å². The predicted octanol–water partition coefficient (Wildman–Crippen LogP) is 3.32. The monoisotopic (exact) mass is 273 g/mol. The van der Waals surface area contributed by atoms with Crippen LogP contribution >= 0.6 is 11.6 Å². The van der Waals surface area contributed by atoms with Gasteiger partial charge in [-0.2, -0.15) is 0 Å². The minimum Gasteiger partial charge on any atom is -0.371 e. The van der Waals surface area contributed by atoms with Crippen LogP contribution in [0.2, 0.25) is 0 Å². The van der Waals surface area contributed by atoms with Crippen molar-refractivity contribution < 1.29 is 4.79 Å². The number of benzene rings is 1. The smallest absolute Gasteiger partial charge is 0.252 e. The third kappa shape index (κ3) is 1.73. The maximum absolute atomic E-state index is 11.1. The molecule has 4 rings (SSSR count). The number of hydrogen-bond acceptors (Lipinski definition) is 2. The van der Waals surface area contributed by atoms with Gasteiger partial charge in [0.1, 0.15) is 0 Å². The van der Waals surface area contributed by atoms with E-state index in [1.54, 1.807) is 0 Å². The van der Waals surface area contributed by atoms with Crippen LogP contribution < -0.4 is 4.90 Å². The second-order valence-corrected chi connectivity index (χ2v) is 6.34. The first-order chi connectivity index (χ1) is 9.22. The molecule has 4 atom stereocenters. The van der Waals surface area contributed by atoms with Crippen molar-refractivity contribution in [1.82, 2.24) is 0 Å². The summed E-state index contributed by atoms with van der Waals surface area (Å²) in [5, 5.41) is -0.382. The maximum Gasteiger partial charge on any atom is 0.252 e. The highest BCUT2D eigenvalue weighted by molar-refractivity contribution is 6.67. The molecular formula is C16H16ClNO. The molecule has 1 aromatic carbocycles. The molecule has 2 aliphatic carbocycles. The number of allylic oxidation sites excluding steroid dienone is 2. The quantitative estimate of drug-likeness (QED) is 0.609. The molecule has 0 amide bonds. The minimum atomic E-state index is -0.382. The Bertz CT molecular complexity index is 530. The standard InChI is InChI=1S/C16H16ClNO/c17-16(19)10-3-5-13(6-4-10)18-8-14-11-1-2-12(7-11)15(14)9-18/h1-6,11-12,14-15H,7-9H2. The highest BCUT2D eigenvalue weighted by Crippen LogP contribution is 2.51. The molecule has 0 spiro atoms. The summed E-state index contributed by atoms with van der Waals surface area (Å²) in [5.41, 5.74) is 1.79. The lowest BCUT2D eigenvalue weighted by Crippen LogP contribution is -2.22. The summed E-state index contributed by atoms with van der Waals surface area (Å²) in [7, 11) is 0. The zero-order valence-corrected chi connectivity index (χ0v) is 11.4. The number of anilines is 1. The molecule has 1 aliphatic heterocycles. The molecule has 1 saturated carbocycles. The zero-order valence-electron chi connectivity index (χ0n) is 10.6. The van der Waals surface area contributed by atoms with Crippen LogP contribution in [0.5, 0.6) is 0 Å². The van der Waals surface area contributed by atoms with E-state index in [1.807, 2.05) is 24.3 Å². The maximum atomic E-state index is 11.1. The summed E-state index contributed by atoms with van der Waals surface area (Å²) >= 11 is 5.48. The Morgan fingerprint density at radius 2 is 1.63 bits per heavy atom. The summed E-state index contributed by atoms with van der Waals surface area (Å²) in [5.74, 6) is 3.29. The van der Waals surface area contributed by atoms with Crippen molar-refractivity contribution in [3.8, 4) is 0 Å². The number of carbonyl (C=O) groups excluding carboxylic acids is 1. The Hall–Kier alpha value is -1.28. The second kappa shape index (κ2) is 4.11. The number of carbonyl (C=O) groups is 1. The van der Waals surface area contributed by atoms with E-state index in [2.05, 4.69) is 17.1 Å². The van der Waals surface area contributed by atoms with Crippen molar-refractivity contribution in [2.75, 3.05) is 18.0 Å². The van der Waals surface area contributed by atoms with Crippen molar-refractivity contribution in [2.45, 2.75) is 6.42 Å². The fraction of sp³-hybridized carbons (Fsp3) is 0.438. The van der Waals surface area contributed by atoms with Crippen molar-refractivity contribution >= 4 is 22.5 Å². The van der Waals surface area contributed by atoms with Crippen LogP contribution in [0.25, 0.3) is 0 Å². The first-order valence-electron chi connectivity index (χ1n) is 6.95. The number of rotatable bonds is 2. The molecular weight excluding hydrogens is 258 g/mol. The lowest BCUT2D eigenvalue weighted by molar-refractivity contribution is 0.108. The molecule has 1 heterocycles. The predicted molar refractivity (Wildman–Crippen MR) is 76.6 cm³/mol. The van der Waals surface area contributed by atoms with Gasteiger partial charge >= 0.3 is 0 Å². The number of halogens is 1. The third-order valence-electron chi connectivity index (χ3n) is 5.12. The molecule has 2 fully saturated rings. The fourth-order valence-corrected chi connectivity index (χ4v) is 4.29. The van der Waals surface area contributed by atoms with Gasteiger partial charge in [0.05, 0.1) is 0 Å². The summed E-state index contributed by atoms with van der Waals surface area (Å²) in [6.07, 6.45) is 6.22. The van der Waals surface area contributed by atoms with Gasteiger partial charge in [0, 0.05) is 24.3 Å². The SMILES string of the molecule is O=C(Cl)c1ccc(N2CC3C4C=CC(C4)C3C2)cc1. The molecule has 0 N–H and O–H groups in total. The molecule has 3 heteroatoms. The van der Waals surface area contributed by atoms with E-state index in [-0.39, 0.29) is 5.24 Å². The highest BCUT2D eigenvalue weighted by atomic mass is 35.5. The molecule has 19 heavy (non-hydrogen) atoms. The normalized spacial score (nSPS) is 34.9. The van der Waals surface area contributed by atoms with Crippen molar-refractivity contribution in [3.05, 3.63) is 42.0 Å². The van der Waals surface area contributed by atoms with Gasteiger partial charge in [0.25, 0.3) is 5.24 Å². The van der Waals surface area contributed by atoms with Gasteiger partial charge in [-0.1, -0.05) is 12.2 Å². The largest absolute Gasteiger partial charge is 0.371 e. The lowest BCUT2D eigenvalue weighted by Gasteiger charge is -2.20. The Kier molecular flexibility index (Phi) is 2.49. The summed E-state index contributed by atoms with van der Waals surface area (Å²) in [6, 6.07) is 7.69. The number of nitrogens with zero attached hydrogens (tertiary/aromatic N) is 1. The van der Waals surface area contributed by atoms with E-state index in [1.165, 1.54) is 12.1 Å². The first kappa shape index (κ1) is 11.5. The average Bonchev–Trinajstić information content (AvgIpc) is 3.11. The summed E-state index contributed by atoms with van der Waals surface area (Å²) in [6.45, 7) is 2.31. The minimum absolute atomic E-state index is 0.382. The molecule has 98 valence electrons. The molecule has 1 aromatic rings. The Labute approximate surface area is 118 Å². The van der Waals surface area contributed by atoms with Crippen LogP contribution in [0.4, 0.5) is 5.69 Å². The van der Waals surface area contributed by atoms with E-state index in [4.69, 9.17) is 11.6 Å².